The zero-order chi connectivity index (χ0) is 13.5. The minimum atomic E-state index is -0.589. The van der Waals surface area contributed by atoms with Gasteiger partial charge in [0.15, 0.2) is 0 Å². The number of rotatable bonds is 6. The Labute approximate surface area is 115 Å². The molecule has 0 saturated carbocycles. The van der Waals surface area contributed by atoms with Crippen LogP contribution in [0, 0.1) is 0 Å². The van der Waals surface area contributed by atoms with Gasteiger partial charge in [-0.2, -0.15) is 0 Å². The lowest BCUT2D eigenvalue weighted by molar-refractivity contribution is -0.140. The summed E-state index contributed by atoms with van der Waals surface area (Å²) < 4.78 is 11.0. The van der Waals surface area contributed by atoms with Crippen LogP contribution in [0.15, 0.2) is 22.7 Å². The Morgan fingerprint density at radius 2 is 2.22 bits per heavy atom. The number of aliphatic hydroxyl groups excluding tert-OH is 1. The highest BCUT2D eigenvalue weighted by atomic mass is 79.9. The zero-order valence-corrected chi connectivity index (χ0v) is 12.1. The van der Waals surface area contributed by atoms with E-state index in [9.17, 15) is 9.90 Å². The second kappa shape index (κ2) is 7.38. The Morgan fingerprint density at radius 1 is 1.50 bits per heavy atom. The normalized spacial score (nSPS) is 12.0. The predicted octanol–water partition coefficient (Wildman–Crippen LogP) is 2.83. The van der Waals surface area contributed by atoms with E-state index in [1.807, 2.05) is 12.1 Å². The zero-order valence-electron chi connectivity index (χ0n) is 10.5. The van der Waals surface area contributed by atoms with Crippen LogP contribution in [-0.4, -0.2) is 24.8 Å². The van der Waals surface area contributed by atoms with Crippen molar-refractivity contribution < 1.29 is 19.4 Å². The lowest BCUT2D eigenvalue weighted by Crippen LogP contribution is -2.06. The van der Waals surface area contributed by atoms with E-state index in [2.05, 4.69) is 20.7 Å². The topological polar surface area (TPSA) is 55.8 Å². The van der Waals surface area contributed by atoms with E-state index in [0.29, 0.717) is 25.2 Å². The third-order valence-corrected chi connectivity index (χ3v) is 2.93. The second-order valence-corrected chi connectivity index (χ2v) is 4.80. The summed E-state index contributed by atoms with van der Waals surface area (Å²) in [6.45, 7) is 2.09. The van der Waals surface area contributed by atoms with Gasteiger partial charge < -0.3 is 14.6 Å². The monoisotopic (exact) mass is 316 g/mol. The van der Waals surface area contributed by atoms with E-state index < -0.39 is 6.10 Å². The molecule has 0 saturated heterocycles. The van der Waals surface area contributed by atoms with Gasteiger partial charge in [0.05, 0.1) is 19.8 Å². The summed E-state index contributed by atoms with van der Waals surface area (Å²) in [6, 6.07) is 5.47. The van der Waals surface area contributed by atoms with Crippen LogP contribution in [0.3, 0.4) is 0 Å². The molecule has 0 unspecified atom stereocenters. The lowest BCUT2D eigenvalue weighted by Gasteiger charge is -2.13. The first kappa shape index (κ1) is 15.0. The van der Waals surface area contributed by atoms with Gasteiger partial charge in [-0.3, -0.25) is 4.79 Å². The summed E-state index contributed by atoms with van der Waals surface area (Å²) in [7, 11) is 1.36. The molecule has 0 spiro atoms. The number of hydrogen-bond donors (Lipinski definition) is 1. The fraction of sp³-hybridized carbons (Fsp3) is 0.462. The average molecular weight is 317 g/mol. The Morgan fingerprint density at radius 3 is 2.83 bits per heavy atom. The van der Waals surface area contributed by atoms with Gasteiger partial charge in [-0.25, -0.2) is 0 Å². The van der Waals surface area contributed by atoms with Gasteiger partial charge in [-0.15, -0.1) is 0 Å². The molecule has 0 amide bonds. The number of ether oxygens (including phenoxy) is 2. The van der Waals surface area contributed by atoms with Gasteiger partial charge in [0.1, 0.15) is 5.75 Å². The molecule has 1 aromatic rings. The lowest BCUT2D eigenvalue weighted by atomic mass is 10.1. The summed E-state index contributed by atoms with van der Waals surface area (Å²) in [5.41, 5.74) is 0.733. The Bertz CT molecular complexity index is 404. The van der Waals surface area contributed by atoms with Crippen LogP contribution in [-0.2, 0) is 9.53 Å². The number of aliphatic hydroxyl groups is 1. The summed E-state index contributed by atoms with van der Waals surface area (Å²) >= 11 is 3.35. The van der Waals surface area contributed by atoms with Crippen molar-refractivity contribution >= 4 is 21.9 Å². The van der Waals surface area contributed by atoms with Crippen LogP contribution in [0.5, 0.6) is 5.75 Å². The van der Waals surface area contributed by atoms with E-state index in [1.54, 1.807) is 13.0 Å². The summed E-state index contributed by atoms with van der Waals surface area (Å²) in [5, 5.41) is 9.61. The van der Waals surface area contributed by atoms with Gasteiger partial charge in [0.25, 0.3) is 0 Å². The van der Waals surface area contributed by atoms with Gasteiger partial charge in [-0.05, 0) is 25.5 Å². The maximum atomic E-state index is 10.9. The molecule has 0 heterocycles. The average Bonchev–Trinajstić information content (AvgIpc) is 2.34. The molecule has 18 heavy (non-hydrogen) atoms. The maximum absolute atomic E-state index is 10.9. The highest BCUT2D eigenvalue weighted by molar-refractivity contribution is 9.10. The molecule has 1 aromatic carbocycles. The fourth-order valence-corrected chi connectivity index (χ4v) is 1.82. The van der Waals surface area contributed by atoms with Gasteiger partial charge in [-0.1, -0.05) is 22.0 Å². The van der Waals surface area contributed by atoms with Crippen LogP contribution in [0.25, 0.3) is 0 Å². The Kier molecular flexibility index (Phi) is 6.15. The number of benzene rings is 1. The molecule has 1 N–H and O–H groups in total. The number of carbonyl (C=O) groups is 1. The standard InChI is InChI=1S/C13H17BrO4/c1-9(15)11-6-5-10(14)8-12(11)18-7-3-4-13(16)17-2/h5-6,8-9,15H,3-4,7H2,1-2H3/t9-/m1/s1. The summed E-state index contributed by atoms with van der Waals surface area (Å²) in [6.07, 6.45) is 0.321. The number of halogens is 1. The van der Waals surface area contributed by atoms with Crippen LogP contribution in [0.2, 0.25) is 0 Å². The molecular weight excluding hydrogens is 300 g/mol. The molecule has 0 fully saturated rings. The first-order chi connectivity index (χ1) is 8.54. The third kappa shape index (κ3) is 4.66. The SMILES string of the molecule is COC(=O)CCCOc1cc(Br)ccc1[C@@H](C)O. The molecule has 0 bridgehead atoms. The molecule has 5 heteroatoms. The first-order valence-corrected chi connectivity index (χ1v) is 6.51. The molecule has 1 atom stereocenters. The minimum absolute atomic E-state index is 0.247. The van der Waals surface area contributed by atoms with E-state index in [4.69, 9.17) is 4.74 Å². The maximum Gasteiger partial charge on any atom is 0.305 e. The van der Waals surface area contributed by atoms with Crippen LogP contribution >= 0.6 is 15.9 Å². The molecule has 0 aliphatic rings. The molecule has 100 valence electrons. The molecule has 0 radical (unpaired) electrons. The molecule has 1 rings (SSSR count). The Hall–Kier alpha value is -1.07. The van der Waals surface area contributed by atoms with Crippen molar-refractivity contribution in [1.82, 2.24) is 0 Å². The predicted molar refractivity (Wildman–Crippen MR) is 71.5 cm³/mol. The fourth-order valence-electron chi connectivity index (χ4n) is 1.48. The molecule has 0 aliphatic carbocycles. The van der Waals surface area contributed by atoms with E-state index >= 15 is 0 Å². The summed E-state index contributed by atoms with van der Waals surface area (Å²) in [5.74, 6) is 0.382. The van der Waals surface area contributed by atoms with Gasteiger partial charge in [0, 0.05) is 16.5 Å². The number of carbonyl (C=O) groups excluding carboxylic acids is 1. The van der Waals surface area contributed by atoms with Crippen molar-refractivity contribution in [2.45, 2.75) is 25.9 Å². The first-order valence-electron chi connectivity index (χ1n) is 5.71. The van der Waals surface area contributed by atoms with Gasteiger partial charge in [0.2, 0.25) is 0 Å². The van der Waals surface area contributed by atoms with Crippen molar-refractivity contribution in [3.63, 3.8) is 0 Å². The number of hydrogen-bond acceptors (Lipinski definition) is 4. The molecule has 0 aliphatic heterocycles. The second-order valence-electron chi connectivity index (χ2n) is 3.89. The van der Waals surface area contributed by atoms with Crippen molar-refractivity contribution in [1.29, 1.82) is 0 Å². The van der Waals surface area contributed by atoms with Crippen molar-refractivity contribution in [2.75, 3.05) is 13.7 Å². The van der Waals surface area contributed by atoms with Crippen LogP contribution < -0.4 is 4.74 Å². The van der Waals surface area contributed by atoms with Crippen molar-refractivity contribution in [3.05, 3.63) is 28.2 Å². The van der Waals surface area contributed by atoms with Gasteiger partial charge >= 0.3 is 5.97 Å². The molecule has 4 nitrogen and oxygen atoms in total. The number of methoxy groups -OCH3 is 1. The highest BCUT2D eigenvalue weighted by Gasteiger charge is 2.10. The van der Waals surface area contributed by atoms with E-state index in [-0.39, 0.29) is 5.97 Å². The van der Waals surface area contributed by atoms with Crippen LogP contribution in [0.1, 0.15) is 31.4 Å². The Balaban J connectivity index is 2.55. The van der Waals surface area contributed by atoms with Crippen molar-refractivity contribution in [3.8, 4) is 5.75 Å². The number of esters is 1. The van der Waals surface area contributed by atoms with E-state index in [1.165, 1.54) is 7.11 Å². The largest absolute Gasteiger partial charge is 0.493 e. The molecular formula is C13H17BrO4. The van der Waals surface area contributed by atoms with E-state index in [0.717, 1.165) is 10.0 Å². The highest BCUT2D eigenvalue weighted by Crippen LogP contribution is 2.28. The van der Waals surface area contributed by atoms with Crippen molar-refractivity contribution in [2.24, 2.45) is 0 Å². The summed E-state index contributed by atoms with van der Waals surface area (Å²) in [4.78, 5) is 10.9. The smallest absolute Gasteiger partial charge is 0.305 e. The van der Waals surface area contributed by atoms with Crippen LogP contribution in [0.4, 0.5) is 0 Å². The minimum Gasteiger partial charge on any atom is -0.493 e. The molecule has 0 aromatic heterocycles. The quantitative estimate of drug-likeness (QED) is 0.647. The third-order valence-electron chi connectivity index (χ3n) is 2.44.